The predicted molar refractivity (Wildman–Crippen MR) is 146 cm³/mol. The highest BCUT2D eigenvalue weighted by atomic mass is 79.9. The minimum atomic E-state index is -1.24. The first-order valence-corrected chi connectivity index (χ1v) is 12.4. The third-order valence-electron chi connectivity index (χ3n) is 6.74. The monoisotopic (exact) mass is 569 g/mol. The summed E-state index contributed by atoms with van der Waals surface area (Å²) in [5.41, 5.74) is 4.51. The van der Waals surface area contributed by atoms with Crippen molar-refractivity contribution in [2.45, 2.75) is 5.41 Å². The third kappa shape index (κ3) is 2.65. The van der Waals surface area contributed by atoms with E-state index < -0.39 is 11.5 Å². The molecule has 1 aliphatic carbocycles. The maximum atomic E-state index is 9.14. The Labute approximate surface area is 221 Å². The number of hydrogen-bond acceptors (Lipinski definition) is 1. The molecular formula is C31H18Br2O. The van der Waals surface area contributed by atoms with Gasteiger partial charge in [0, 0.05) is 25.3 Å². The summed E-state index contributed by atoms with van der Waals surface area (Å²) >= 11 is 7.24. The summed E-state index contributed by atoms with van der Waals surface area (Å²) in [4.78, 5) is 0. The Hall–Kier alpha value is -3.14. The second kappa shape index (κ2) is 7.43. The first-order chi connectivity index (χ1) is 18.7. The molecule has 0 radical (unpaired) electrons. The average molecular weight is 571 g/mol. The van der Waals surface area contributed by atoms with Crippen LogP contribution in [0.5, 0.6) is 0 Å². The second-order valence-electron chi connectivity index (χ2n) is 8.41. The molecule has 0 saturated heterocycles. The molecule has 0 N–H and O–H groups in total. The van der Waals surface area contributed by atoms with E-state index in [9.17, 15) is 0 Å². The van der Waals surface area contributed by atoms with E-state index in [1.54, 1.807) is 0 Å². The van der Waals surface area contributed by atoms with Gasteiger partial charge in [-0.25, -0.2) is 0 Å². The smallest absolute Gasteiger partial charge is 0.140 e. The average Bonchev–Trinajstić information content (AvgIpc) is 3.44. The van der Waals surface area contributed by atoms with Gasteiger partial charge in [0.15, 0.2) is 0 Å². The lowest BCUT2D eigenvalue weighted by molar-refractivity contribution is 0.648. The molecule has 0 atom stereocenters. The lowest BCUT2D eigenvalue weighted by atomic mass is 9.67. The summed E-state index contributed by atoms with van der Waals surface area (Å²) in [7, 11) is 0. The number of fused-ring (bicyclic) bond motifs is 6. The van der Waals surface area contributed by atoms with Crippen molar-refractivity contribution in [2.24, 2.45) is 0 Å². The van der Waals surface area contributed by atoms with Crippen molar-refractivity contribution < 1.29 is 11.3 Å². The van der Waals surface area contributed by atoms with E-state index in [1.807, 2.05) is 78.9 Å². The van der Waals surface area contributed by atoms with Crippen molar-refractivity contribution in [3.05, 3.63) is 140 Å². The molecule has 0 saturated carbocycles. The molecule has 1 nitrogen and oxygen atoms in total. The highest BCUT2D eigenvalue weighted by Crippen LogP contribution is 2.58. The van der Waals surface area contributed by atoms with E-state index in [0.717, 1.165) is 53.1 Å². The number of para-hydroxylation sites is 2. The lowest BCUT2D eigenvalue weighted by Crippen LogP contribution is -2.28. The van der Waals surface area contributed by atoms with Crippen LogP contribution in [0.4, 0.5) is 0 Å². The minimum absolute atomic E-state index is 0.200. The zero-order chi connectivity index (χ0) is 27.2. The fourth-order valence-electron chi connectivity index (χ4n) is 5.45. The van der Waals surface area contributed by atoms with Gasteiger partial charge in [-0.1, -0.05) is 111 Å². The van der Waals surface area contributed by atoms with Gasteiger partial charge in [0.25, 0.3) is 0 Å². The Balaban J connectivity index is 1.77. The van der Waals surface area contributed by atoms with Crippen LogP contribution >= 0.6 is 31.9 Å². The molecule has 6 aromatic rings. The predicted octanol–water partition coefficient (Wildman–Crippen LogP) is 9.47. The first kappa shape index (κ1) is 15.7. The van der Waals surface area contributed by atoms with Crippen molar-refractivity contribution in [1.29, 1.82) is 0 Å². The Morgan fingerprint density at radius 1 is 0.647 bits per heavy atom. The van der Waals surface area contributed by atoms with Gasteiger partial charge in [-0.2, -0.15) is 0 Å². The van der Waals surface area contributed by atoms with Crippen LogP contribution in [-0.2, 0) is 5.41 Å². The van der Waals surface area contributed by atoms with Crippen molar-refractivity contribution in [2.75, 3.05) is 0 Å². The molecular weight excluding hydrogens is 548 g/mol. The van der Waals surface area contributed by atoms with Gasteiger partial charge in [-0.15, -0.1) is 0 Å². The van der Waals surface area contributed by atoms with Crippen LogP contribution in [0, 0.1) is 0 Å². The largest absolute Gasteiger partial charge is 0.456 e. The van der Waals surface area contributed by atoms with Crippen LogP contribution in [0.25, 0.3) is 33.1 Å². The summed E-state index contributed by atoms with van der Waals surface area (Å²) in [6.45, 7) is 0. The number of hydrogen-bond donors (Lipinski definition) is 0. The van der Waals surface area contributed by atoms with E-state index in [2.05, 4.69) is 31.9 Å². The molecule has 7 rings (SSSR count). The van der Waals surface area contributed by atoms with Crippen LogP contribution in [-0.4, -0.2) is 0 Å². The van der Waals surface area contributed by atoms with E-state index in [1.165, 1.54) is 0 Å². The Kier molecular flexibility index (Phi) is 3.43. The van der Waals surface area contributed by atoms with Crippen LogP contribution in [0.3, 0.4) is 0 Å². The van der Waals surface area contributed by atoms with Crippen molar-refractivity contribution in [3.63, 3.8) is 0 Å². The Morgan fingerprint density at radius 3 is 2.00 bits per heavy atom. The molecule has 0 aliphatic heterocycles. The Bertz CT molecular complexity index is 1930. The quantitative estimate of drug-likeness (QED) is 0.202. The molecule has 0 amide bonds. The summed E-state index contributed by atoms with van der Waals surface area (Å²) in [6.07, 6.45) is 0. The second-order valence-corrected chi connectivity index (χ2v) is 10.2. The number of halogens is 2. The van der Waals surface area contributed by atoms with Gasteiger partial charge >= 0.3 is 0 Å². The Morgan fingerprint density at radius 2 is 1.29 bits per heavy atom. The maximum absolute atomic E-state index is 9.14. The van der Waals surface area contributed by atoms with Crippen molar-refractivity contribution >= 4 is 53.8 Å². The van der Waals surface area contributed by atoms with E-state index in [-0.39, 0.29) is 29.7 Å². The molecule has 0 bridgehead atoms. The van der Waals surface area contributed by atoms with Crippen LogP contribution in [0.1, 0.15) is 29.1 Å². The SMILES string of the molecule is [2H]c1c([2H])c([2H])c(C2(c3cccc4c3oc3ccccc34)c3ccc(Br)cc3-c3cc(Br)ccc32)c([2H])c1[2H]. The van der Waals surface area contributed by atoms with Gasteiger partial charge in [-0.3, -0.25) is 0 Å². The van der Waals surface area contributed by atoms with Crippen LogP contribution in [0.15, 0.2) is 122 Å². The summed E-state index contributed by atoms with van der Waals surface area (Å²) in [5.74, 6) is 0. The highest BCUT2D eigenvalue weighted by molar-refractivity contribution is 9.10. The van der Waals surface area contributed by atoms with Crippen LogP contribution in [0.2, 0.25) is 0 Å². The van der Waals surface area contributed by atoms with E-state index in [0.29, 0.717) is 5.58 Å². The zero-order valence-corrected chi connectivity index (χ0v) is 20.8. The molecule has 1 aliphatic rings. The van der Waals surface area contributed by atoms with Crippen molar-refractivity contribution in [1.82, 2.24) is 0 Å². The van der Waals surface area contributed by atoms with Crippen LogP contribution < -0.4 is 0 Å². The summed E-state index contributed by atoms with van der Waals surface area (Å²) in [5, 5.41) is 1.86. The minimum Gasteiger partial charge on any atom is -0.456 e. The summed E-state index contributed by atoms with van der Waals surface area (Å²) < 4.78 is 52.0. The lowest BCUT2D eigenvalue weighted by Gasteiger charge is -2.33. The number of rotatable bonds is 2. The normalized spacial score (nSPS) is 15.9. The fraction of sp³-hybridized carbons (Fsp3) is 0.0323. The molecule has 1 aromatic heterocycles. The van der Waals surface area contributed by atoms with Gasteiger partial charge in [-0.05, 0) is 58.1 Å². The third-order valence-corrected chi connectivity index (χ3v) is 7.73. The van der Waals surface area contributed by atoms with Gasteiger partial charge in [0.2, 0.25) is 0 Å². The molecule has 0 fully saturated rings. The zero-order valence-electron chi connectivity index (χ0n) is 22.7. The van der Waals surface area contributed by atoms with E-state index in [4.69, 9.17) is 11.3 Å². The maximum Gasteiger partial charge on any atom is 0.140 e. The van der Waals surface area contributed by atoms with Gasteiger partial charge in [0.1, 0.15) is 11.2 Å². The standard InChI is InChI=1S/C31H18Br2O/c32-20-13-15-26-24(17-20)25-18-21(33)14-16-27(25)31(26,19-7-2-1-3-8-19)28-11-6-10-23-22-9-4-5-12-29(22)34-30(23)28/h1-18H/i1D,2D,3D,7D,8D. The van der Waals surface area contributed by atoms with Gasteiger partial charge < -0.3 is 4.42 Å². The molecule has 34 heavy (non-hydrogen) atoms. The molecule has 5 aromatic carbocycles. The highest BCUT2D eigenvalue weighted by Gasteiger charge is 2.47. The van der Waals surface area contributed by atoms with Crippen molar-refractivity contribution in [3.8, 4) is 11.1 Å². The molecule has 162 valence electrons. The fourth-order valence-corrected chi connectivity index (χ4v) is 6.17. The van der Waals surface area contributed by atoms with E-state index >= 15 is 0 Å². The number of furan rings is 1. The first-order valence-electron chi connectivity index (χ1n) is 13.3. The molecule has 1 heterocycles. The topological polar surface area (TPSA) is 13.1 Å². The number of benzene rings is 5. The molecule has 0 unspecified atom stereocenters. The molecule has 3 heteroatoms. The molecule has 0 spiro atoms. The summed E-state index contributed by atoms with van der Waals surface area (Å²) in [6, 6.07) is 24.0. The van der Waals surface area contributed by atoms with Gasteiger partial charge in [0.05, 0.1) is 12.3 Å².